The zero-order valence-electron chi connectivity index (χ0n) is 11.9. The summed E-state index contributed by atoms with van der Waals surface area (Å²) in [5, 5.41) is 3.55. The Labute approximate surface area is 141 Å². The summed E-state index contributed by atoms with van der Waals surface area (Å²) in [5.74, 6) is -0.300. The summed E-state index contributed by atoms with van der Waals surface area (Å²) in [6.07, 6.45) is 1.81. The Morgan fingerprint density at radius 1 is 1.41 bits per heavy atom. The van der Waals surface area contributed by atoms with Crippen LogP contribution < -0.4 is 5.32 Å². The molecule has 2 saturated carbocycles. The third kappa shape index (κ3) is 1.95. The number of amides is 1. The predicted octanol–water partition coefficient (Wildman–Crippen LogP) is 3.55. The Hall–Kier alpha value is -1.07. The molecule has 116 valence electrons. The molecule has 6 heteroatoms. The molecule has 22 heavy (non-hydrogen) atoms. The minimum absolute atomic E-state index is 0.0513. The van der Waals surface area contributed by atoms with E-state index in [1.54, 1.807) is 0 Å². The molecule has 0 radical (unpaired) electrons. The van der Waals surface area contributed by atoms with Gasteiger partial charge in [0, 0.05) is 16.1 Å². The highest BCUT2D eigenvalue weighted by Crippen LogP contribution is 2.57. The summed E-state index contributed by atoms with van der Waals surface area (Å²) < 4.78 is 6.18. The third-order valence-electron chi connectivity index (χ3n) is 5.38. The van der Waals surface area contributed by atoms with Crippen LogP contribution in [0.4, 0.5) is 5.69 Å². The van der Waals surface area contributed by atoms with Gasteiger partial charge in [-0.1, -0.05) is 11.6 Å². The first-order valence-corrected chi connectivity index (χ1v) is 8.60. The Balaban J connectivity index is 1.59. The van der Waals surface area contributed by atoms with E-state index in [1.807, 2.05) is 19.1 Å². The van der Waals surface area contributed by atoms with Crippen molar-refractivity contribution in [2.75, 3.05) is 5.32 Å². The van der Waals surface area contributed by atoms with Crippen LogP contribution in [-0.2, 0) is 14.3 Å². The number of carbonyl (C=O) groups excluding carboxylic acids is 2. The molecule has 0 aromatic heterocycles. The van der Waals surface area contributed by atoms with Gasteiger partial charge in [0.25, 0.3) is 0 Å². The number of hydrogen-bond donors (Lipinski definition) is 1. The average molecular weight is 385 g/mol. The van der Waals surface area contributed by atoms with Crippen LogP contribution in [-0.4, -0.2) is 18.0 Å². The Bertz CT molecular complexity index is 690. The minimum atomic E-state index is -0.266. The Kier molecular flexibility index (Phi) is 3.28. The zero-order valence-corrected chi connectivity index (χ0v) is 14.3. The fourth-order valence-electron chi connectivity index (χ4n) is 4.37. The first-order chi connectivity index (χ1) is 10.5. The Morgan fingerprint density at radius 3 is 2.95 bits per heavy atom. The number of nitrogens with one attached hydrogen (secondary N) is 1. The summed E-state index contributed by atoms with van der Waals surface area (Å²) in [5.41, 5.74) is 1.52. The van der Waals surface area contributed by atoms with Gasteiger partial charge in [-0.3, -0.25) is 9.59 Å². The number of anilines is 1. The minimum Gasteiger partial charge on any atom is -0.462 e. The molecule has 2 bridgehead atoms. The lowest BCUT2D eigenvalue weighted by atomic mass is 9.79. The van der Waals surface area contributed by atoms with E-state index >= 15 is 0 Å². The fraction of sp³-hybridized carbons (Fsp3) is 0.500. The Morgan fingerprint density at radius 2 is 2.18 bits per heavy atom. The van der Waals surface area contributed by atoms with Gasteiger partial charge in [0.2, 0.25) is 5.91 Å². The van der Waals surface area contributed by atoms with Crippen molar-refractivity contribution in [1.82, 2.24) is 0 Å². The SMILES string of the molecule is Cc1c(NC(=O)[C@@H]2[C@H]3C[C@@H]4[C@@H]2C(=O)O[C@@H]4C3)ccc(Br)c1Cl. The number of benzene rings is 1. The molecule has 0 spiro atoms. The predicted molar refractivity (Wildman–Crippen MR) is 85.6 cm³/mol. The van der Waals surface area contributed by atoms with E-state index < -0.39 is 0 Å². The van der Waals surface area contributed by atoms with Gasteiger partial charge in [-0.25, -0.2) is 0 Å². The van der Waals surface area contributed by atoms with Gasteiger partial charge in [-0.15, -0.1) is 0 Å². The van der Waals surface area contributed by atoms with Crippen LogP contribution in [0.25, 0.3) is 0 Å². The van der Waals surface area contributed by atoms with Crippen molar-refractivity contribution in [3.05, 3.63) is 27.2 Å². The van der Waals surface area contributed by atoms with E-state index in [0.717, 1.165) is 22.9 Å². The molecule has 1 heterocycles. The molecule has 1 aromatic carbocycles. The van der Waals surface area contributed by atoms with E-state index in [4.69, 9.17) is 16.3 Å². The van der Waals surface area contributed by atoms with E-state index in [9.17, 15) is 9.59 Å². The summed E-state index contributed by atoms with van der Waals surface area (Å²) in [7, 11) is 0. The second kappa shape index (κ2) is 4.96. The molecular formula is C16H15BrClNO3. The molecule has 3 fully saturated rings. The van der Waals surface area contributed by atoms with Gasteiger partial charge in [-0.05, 0) is 59.3 Å². The van der Waals surface area contributed by atoms with Crippen molar-refractivity contribution in [2.45, 2.75) is 25.9 Å². The van der Waals surface area contributed by atoms with E-state index in [-0.39, 0.29) is 41.7 Å². The van der Waals surface area contributed by atoms with E-state index in [0.29, 0.717) is 10.7 Å². The monoisotopic (exact) mass is 383 g/mol. The first-order valence-electron chi connectivity index (χ1n) is 7.43. The second-order valence-electron chi connectivity index (χ2n) is 6.45. The van der Waals surface area contributed by atoms with Crippen molar-refractivity contribution in [2.24, 2.45) is 23.7 Å². The van der Waals surface area contributed by atoms with Gasteiger partial charge >= 0.3 is 5.97 Å². The highest BCUT2D eigenvalue weighted by molar-refractivity contribution is 9.10. The molecule has 1 aromatic rings. The number of ether oxygens (including phenoxy) is 1. The third-order valence-corrected chi connectivity index (χ3v) is 6.76. The normalized spacial score (nSPS) is 34.9. The van der Waals surface area contributed by atoms with Crippen LogP contribution in [0.3, 0.4) is 0 Å². The van der Waals surface area contributed by atoms with Crippen LogP contribution in [0.2, 0.25) is 5.02 Å². The lowest BCUT2D eigenvalue weighted by Crippen LogP contribution is -2.36. The van der Waals surface area contributed by atoms with Crippen LogP contribution >= 0.6 is 27.5 Å². The molecule has 1 amide bonds. The topological polar surface area (TPSA) is 55.4 Å². The van der Waals surface area contributed by atoms with Crippen molar-refractivity contribution in [1.29, 1.82) is 0 Å². The molecule has 4 rings (SSSR count). The van der Waals surface area contributed by atoms with E-state index in [2.05, 4.69) is 21.2 Å². The van der Waals surface area contributed by atoms with Crippen LogP contribution in [0.15, 0.2) is 16.6 Å². The molecular weight excluding hydrogens is 370 g/mol. The van der Waals surface area contributed by atoms with Gasteiger partial charge in [0.05, 0.1) is 16.9 Å². The maximum absolute atomic E-state index is 12.7. The van der Waals surface area contributed by atoms with Gasteiger partial charge < -0.3 is 10.1 Å². The summed E-state index contributed by atoms with van der Waals surface area (Å²) in [6.45, 7) is 1.86. The maximum atomic E-state index is 12.7. The smallest absolute Gasteiger partial charge is 0.310 e. The van der Waals surface area contributed by atoms with Crippen LogP contribution in [0, 0.1) is 30.6 Å². The number of rotatable bonds is 2. The zero-order chi connectivity index (χ0) is 15.6. The summed E-state index contributed by atoms with van der Waals surface area (Å²) in [6, 6.07) is 3.64. The van der Waals surface area contributed by atoms with Gasteiger partial charge in [-0.2, -0.15) is 0 Å². The fourth-order valence-corrected chi connectivity index (χ4v) is 4.96. The summed E-state index contributed by atoms with van der Waals surface area (Å²) >= 11 is 9.57. The number of hydrogen-bond acceptors (Lipinski definition) is 3. The van der Waals surface area contributed by atoms with Gasteiger partial charge in [0.1, 0.15) is 6.10 Å². The van der Waals surface area contributed by atoms with Crippen molar-refractivity contribution >= 4 is 45.1 Å². The first kappa shape index (κ1) is 14.5. The molecule has 4 nitrogen and oxygen atoms in total. The highest BCUT2D eigenvalue weighted by atomic mass is 79.9. The number of carbonyl (C=O) groups is 2. The quantitative estimate of drug-likeness (QED) is 0.793. The average Bonchev–Trinajstić information content (AvgIpc) is 3.09. The summed E-state index contributed by atoms with van der Waals surface area (Å²) in [4.78, 5) is 24.7. The lowest BCUT2D eigenvalue weighted by molar-refractivity contribution is -0.145. The second-order valence-corrected chi connectivity index (χ2v) is 7.68. The van der Waals surface area contributed by atoms with Crippen molar-refractivity contribution in [3.63, 3.8) is 0 Å². The lowest BCUT2D eigenvalue weighted by Gasteiger charge is -2.24. The molecule has 3 aliphatic rings. The van der Waals surface area contributed by atoms with Crippen LogP contribution in [0.1, 0.15) is 18.4 Å². The molecule has 1 N–H and O–H groups in total. The van der Waals surface area contributed by atoms with Crippen molar-refractivity contribution < 1.29 is 14.3 Å². The van der Waals surface area contributed by atoms with Crippen LogP contribution in [0.5, 0.6) is 0 Å². The van der Waals surface area contributed by atoms with Gasteiger partial charge in [0.15, 0.2) is 0 Å². The molecule has 1 aliphatic heterocycles. The largest absolute Gasteiger partial charge is 0.462 e. The molecule has 0 unspecified atom stereocenters. The number of esters is 1. The maximum Gasteiger partial charge on any atom is 0.310 e. The molecule has 2 aliphatic carbocycles. The highest BCUT2D eigenvalue weighted by Gasteiger charge is 2.63. The molecule has 5 atom stereocenters. The van der Waals surface area contributed by atoms with E-state index in [1.165, 1.54) is 0 Å². The van der Waals surface area contributed by atoms with Crippen molar-refractivity contribution in [3.8, 4) is 0 Å². The standard InChI is InChI=1S/C16H15BrClNO3/c1-6-10(3-2-9(17)14(6)18)19-15(20)12-7-4-8-11(5-7)22-16(21)13(8)12/h2-3,7-8,11-13H,4-5H2,1H3,(H,19,20)/t7-,8-,11+,12+,13-/m0/s1. The molecule has 1 saturated heterocycles. The number of fused-ring (bicyclic) bond motifs is 1. The number of halogens is 2.